The molecule has 0 saturated heterocycles. The first-order valence-electron chi connectivity index (χ1n) is 10.8. The smallest absolute Gasteiger partial charge is 0.271 e. The zero-order chi connectivity index (χ0) is 23.6. The number of benzene rings is 1. The van der Waals surface area contributed by atoms with Crippen molar-refractivity contribution in [2.75, 3.05) is 23.8 Å². The third-order valence-electron chi connectivity index (χ3n) is 4.84. The summed E-state index contributed by atoms with van der Waals surface area (Å²) in [6, 6.07) is 9.74. The summed E-state index contributed by atoms with van der Waals surface area (Å²) in [4.78, 5) is 38.4. The summed E-state index contributed by atoms with van der Waals surface area (Å²) in [6.45, 7) is 4.72. The monoisotopic (exact) mass is 447 g/mol. The third-order valence-corrected chi connectivity index (χ3v) is 4.84. The summed E-state index contributed by atoms with van der Waals surface area (Å²) < 4.78 is 1.76. The van der Waals surface area contributed by atoms with Crippen LogP contribution in [0.2, 0.25) is 0 Å². The van der Waals surface area contributed by atoms with Crippen molar-refractivity contribution in [3.05, 3.63) is 71.7 Å². The van der Waals surface area contributed by atoms with Gasteiger partial charge in [-0.05, 0) is 25.0 Å². The standard InChI is InChI=1S/C24H29N7O2/c1-4-6-8-13-19-15-26-23(27-19)29-24-28-21(30(17-32)14-5-2)20(22(33)25-3)31(24)16-18-11-9-7-10-12-18/h4,6-13,15,17H,5,14,16H2,1-3H3,(H,25,33)(H2,26,27,28,29)/b6-4-,13-8-. The van der Waals surface area contributed by atoms with Crippen LogP contribution < -0.4 is 15.5 Å². The number of nitrogens with one attached hydrogen (secondary N) is 3. The highest BCUT2D eigenvalue weighted by Gasteiger charge is 2.26. The predicted molar refractivity (Wildman–Crippen MR) is 131 cm³/mol. The lowest BCUT2D eigenvalue weighted by Gasteiger charge is -2.16. The lowest BCUT2D eigenvalue weighted by Crippen LogP contribution is -2.28. The van der Waals surface area contributed by atoms with E-state index in [9.17, 15) is 9.59 Å². The number of nitrogens with zero attached hydrogens (tertiary/aromatic N) is 4. The second kappa shape index (κ2) is 11.5. The molecule has 2 heterocycles. The average Bonchev–Trinajstić information content (AvgIpc) is 3.42. The fourth-order valence-electron chi connectivity index (χ4n) is 3.30. The second-order valence-electron chi connectivity index (χ2n) is 7.24. The summed E-state index contributed by atoms with van der Waals surface area (Å²) in [6.07, 6.45) is 10.8. The highest BCUT2D eigenvalue weighted by atomic mass is 16.2. The molecule has 0 spiro atoms. The van der Waals surface area contributed by atoms with Crippen molar-refractivity contribution < 1.29 is 9.59 Å². The Bertz CT molecular complexity index is 1130. The number of hydrogen-bond donors (Lipinski definition) is 3. The van der Waals surface area contributed by atoms with Crippen LogP contribution in [0, 0.1) is 0 Å². The molecule has 0 atom stereocenters. The number of allylic oxidation sites excluding steroid dienone is 3. The van der Waals surface area contributed by atoms with Gasteiger partial charge in [0, 0.05) is 19.8 Å². The average molecular weight is 448 g/mol. The molecule has 0 aliphatic carbocycles. The lowest BCUT2D eigenvalue weighted by atomic mass is 10.2. The second-order valence-corrected chi connectivity index (χ2v) is 7.24. The van der Waals surface area contributed by atoms with Crippen LogP contribution in [0.4, 0.5) is 17.7 Å². The fraction of sp³-hybridized carbons (Fsp3) is 0.250. The number of amides is 2. The van der Waals surface area contributed by atoms with Crippen molar-refractivity contribution >= 4 is 36.1 Å². The molecule has 33 heavy (non-hydrogen) atoms. The van der Waals surface area contributed by atoms with Gasteiger partial charge in [0.15, 0.2) is 11.5 Å². The molecule has 0 bridgehead atoms. The zero-order valence-electron chi connectivity index (χ0n) is 19.1. The van der Waals surface area contributed by atoms with E-state index in [-0.39, 0.29) is 5.91 Å². The minimum absolute atomic E-state index is 0.296. The Morgan fingerprint density at radius 3 is 2.67 bits per heavy atom. The number of carbonyl (C=O) groups excluding carboxylic acids is 2. The molecular formula is C24H29N7O2. The van der Waals surface area contributed by atoms with Gasteiger partial charge in [-0.3, -0.25) is 24.4 Å². The predicted octanol–water partition coefficient (Wildman–Crippen LogP) is 3.72. The van der Waals surface area contributed by atoms with Gasteiger partial charge in [0.25, 0.3) is 5.91 Å². The van der Waals surface area contributed by atoms with Gasteiger partial charge < -0.3 is 10.3 Å². The van der Waals surface area contributed by atoms with Crippen molar-refractivity contribution in [3.63, 3.8) is 0 Å². The molecule has 0 aliphatic heterocycles. The Labute approximate surface area is 193 Å². The number of aromatic nitrogens is 4. The fourth-order valence-corrected chi connectivity index (χ4v) is 3.30. The summed E-state index contributed by atoms with van der Waals surface area (Å²) in [5, 5.41) is 5.84. The van der Waals surface area contributed by atoms with Gasteiger partial charge in [-0.2, -0.15) is 4.98 Å². The molecule has 9 heteroatoms. The molecule has 0 saturated carbocycles. The summed E-state index contributed by atoms with van der Waals surface area (Å²) in [5.74, 6) is 0.828. The van der Waals surface area contributed by atoms with E-state index in [1.165, 1.54) is 4.90 Å². The highest BCUT2D eigenvalue weighted by Crippen LogP contribution is 2.27. The number of imidazole rings is 2. The first-order valence-corrected chi connectivity index (χ1v) is 10.8. The first kappa shape index (κ1) is 23.5. The van der Waals surface area contributed by atoms with Crippen LogP contribution in [0.25, 0.3) is 6.08 Å². The van der Waals surface area contributed by atoms with Gasteiger partial charge in [0.1, 0.15) is 0 Å². The Morgan fingerprint density at radius 2 is 2.00 bits per heavy atom. The number of H-pyrrole nitrogens is 1. The van der Waals surface area contributed by atoms with E-state index in [4.69, 9.17) is 0 Å². The first-order chi connectivity index (χ1) is 16.1. The van der Waals surface area contributed by atoms with Crippen LogP contribution in [0.1, 0.15) is 42.0 Å². The molecule has 0 unspecified atom stereocenters. The maximum absolute atomic E-state index is 12.9. The van der Waals surface area contributed by atoms with Crippen LogP contribution in [-0.4, -0.2) is 45.4 Å². The van der Waals surface area contributed by atoms with Gasteiger partial charge in [-0.25, -0.2) is 4.98 Å². The third kappa shape index (κ3) is 5.76. The molecule has 1 aromatic carbocycles. The van der Waals surface area contributed by atoms with Gasteiger partial charge in [0.05, 0.1) is 12.2 Å². The van der Waals surface area contributed by atoms with Crippen molar-refractivity contribution in [2.24, 2.45) is 0 Å². The normalized spacial score (nSPS) is 11.2. The van der Waals surface area contributed by atoms with Gasteiger partial charge in [0.2, 0.25) is 18.3 Å². The van der Waals surface area contributed by atoms with Gasteiger partial charge in [-0.1, -0.05) is 55.5 Å². The van der Waals surface area contributed by atoms with E-state index < -0.39 is 0 Å². The Kier molecular flexibility index (Phi) is 8.18. The van der Waals surface area contributed by atoms with Crippen LogP contribution >= 0.6 is 0 Å². The summed E-state index contributed by atoms with van der Waals surface area (Å²) >= 11 is 0. The van der Waals surface area contributed by atoms with E-state index in [1.54, 1.807) is 17.8 Å². The summed E-state index contributed by atoms with van der Waals surface area (Å²) in [5.41, 5.74) is 2.02. The van der Waals surface area contributed by atoms with Crippen molar-refractivity contribution in [2.45, 2.75) is 26.8 Å². The quantitative estimate of drug-likeness (QED) is 0.307. The van der Waals surface area contributed by atoms with E-state index in [2.05, 4.69) is 25.6 Å². The minimum Gasteiger partial charge on any atom is -0.354 e. The number of carbonyl (C=O) groups is 2. The SMILES string of the molecule is C/C=C\C=C/c1c[nH]c(Nc2nc(N(C=O)CCC)c(C(=O)NC)n2Cc2ccccc2)n1. The van der Waals surface area contributed by atoms with Gasteiger partial charge >= 0.3 is 0 Å². The molecule has 3 rings (SSSR count). The number of hydrogen-bond acceptors (Lipinski definition) is 5. The molecule has 3 N–H and O–H groups in total. The topological polar surface area (TPSA) is 108 Å². The van der Waals surface area contributed by atoms with Crippen LogP contribution in [0.15, 0.2) is 54.8 Å². The number of anilines is 3. The molecule has 9 nitrogen and oxygen atoms in total. The molecular weight excluding hydrogens is 418 g/mol. The molecule has 3 aromatic rings. The van der Waals surface area contributed by atoms with Crippen LogP contribution in [-0.2, 0) is 11.3 Å². The van der Waals surface area contributed by atoms with E-state index >= 15 is 0 Å². The van der Waals surface area contributed by atoms with Crippen molar-refractivity contribution in [1.82, 2.24) is 24.8 Å². The highest BCUT2D eigenvalue weighted by molar-refractivity contribution is 6.00. The maximum atomic E-state index is 12.9. The van der Waals surface area contributed by atoms with Gasteiger partial charge in [-0.15, -0.1) is 0 Å². The number of rotatable bonds is 11. The Morgan fingerprint density at radius 1 is 1.21 bits per heavy atom. The van der Waals surface area contributed by atoms with E-state index in [1.807, 2.05) is 68.5 Å². The molecule has 2 amide bonds. The largest absolute Gasteiger partial charge is 0.354 e. The molecule has 0 fully saturated rings. The maximum Gasteiger partial charge on any atom is 0.271 e. The number of aromatic amines is 1. The van der Waals surface area contributed by atoms with Crippen molar-refractivity contribution in [1.29, 1.82) is 0 Å². The minimum atomic E-state index is -0.334. The molecule has 2 aromatic heterocycles. The van der Waals surface area contributed by atoms with Crippen molar-refractivity contribution in [3.8, 4) is 0 Å². The van der Waals surface area contributed by atoms with Crippen LogP contribution in [0.5, 0.6) is 0 Å². The lowest BCUT2D eigenvalue weighted by molar-refractivity contribution is -0.107. The van der Waals surface area contributed by atoms with E-state index in [0.29, 0.717) is 42.9 Å². The van der Waals surface area contributed by atoms with Crippen LogP contribution in [0.3, 0.4) is 0 Å². The Balaban J connectivity index is 2.07. The Hall–Kier alpha value is -4.14. The molecule has 172 valence electrons. The van der Waals surface area contributed by atoms with E-state index in [0.717, 1.165) is 17.7 Å². The molecule has 0 radical (unpaired) electrons. The summed E-state index contributed by atoms with van der Waals surface area (Å²) in [7, 11) is 1.56. The molecule has 0 aliphatic rings. The zero-order valence-corrected chi connectivity index (χ0v) is 19.1.